The molecule has 1 heterocycles. The van der Waals surface area contributed by atoms with E-state index in [4.69, 9.17) is 0 Å². The lowest BCUT2D eigenvalue weighted by Gasteiger charge is -2.16. The van der Waals surface area contributed by atoms with Gasteiger partial charge in [-0.3, -0.25) is 4.79 Å². The summed E-state index contributed by atoms with van der Waals surface area (Å²) in [6.07, 6.45) is 1.56. The molecule has 1 amide bonds. The highest BCUT2D eigenvalue weighted by Crippen LogP contribution is 2.27. The maximum atomic E-state index is 11.9. The monoisotopic (exact) mass is 204 g/mol. The van der Waals surface area contributed by atoms with Gasteiger partial charge in [-0.1, -0.05) is 18.2 Å². The Bertz CT molecular complexity index is 362. The van der Waals surface area contributed by atoms with Gasteiger partial charge in [-0.2, -0.15) is 0 Å². The first-order valence-electron chi connectivity index (χ1n) is 5.36. The topological polar surface area (TPSA) is 32.3 Å². The number of rotatable bonds is 3. The molecule has 0 atom stereocenters. The van der Waals surface area contributed by atoms with E-state index in [1.165, 1.54) is 5.56 Å². The van der Waals surface area contributed by atoms with E-state index in [0.717, 1.165) is 25.2 Å². The molecule has 2 rings (SSSR count). The number of amides is 1. The Balaban J connectivity index is 2.10. The lowest BCUT2D eigenvalue weighted by Crippen LogP contribution is -2.31. The van der Waals surface area contributed by atoms with Crippen molar-refractivity contribution in [3.63, 3.8) is 0 Å². The van der Waals surface area contributed by atoms with E-state index >= 15 is 0 Å². The average Bonchev–Trinajstić information content (AvgIpc) is 2.69. The summed E-state index contributed by atoms with van der Waals surface area (Å²) >= 11 is 0. The second kappa shape index (κ2) is 4.45. The van der Waals surface area contributed by atoms with Gasteiger partial charge in [0.05, 0.1) is 0 Å². The minimum Gasteiger partial charge on any atom is -0.319 e. The summed E-state index contributed by atoms with van der Waals surface area (Å²) in [6.45, 7) is 1.58. The summed E-state index contributed by atoms with van der Waals surface area (Å²) in [5.74, 6) is 0.217. The number of anilines is 1. The molecule has 1 aromatic carbocycles. The Morgan fingerprint density at radius 1 is 1.47 bits per heavy atom. The first kappa shape index (κ1) is 10.2. The molecule has 0 saturated heterocycles. The average molecular weight is 204 g/mol. The van der Waals surface area contributed by atoms with Gasteiger partial charge in [-0.25, -0.2) is 0 Å². The van der Waals surface area contributed by atoms with Gasteiger partial charge in [-0.05, 0) is 25.1 Å². The molecule has 0 saturated carbocycles. The molecule has 3 heteroatoms. The molecule has 1 aromatic rings. The van der Waals surface area contributed by atoms with Crippen LogP contribution in [0.4, 0.5) is 5.69 Å². The van der Waals surface area contributed by atoms with Crippen LogP contribution in [0.15, 0.2) is 24.3 Å². The molecule has 1 N–H and O–H groups in total. The molecular weight excluding hydrogens is 188 g/mol. The van der Waals surface area contributed by atoms with Gasteiger partial charge in [0.1, 0.15) is 0 Å². The van der Waals surface area contributed by atoms with Crippen LogP contribution in [0.5, 0.6) is 0 Å². The molecule has 1 aliphatic heterocycles. The molecule has 0 aliphatic carbocycles. The van der Waals surface area contributed by atoms with E-state index in [2.05, 4.69) is 11.4 Å². The Morgan fingerprint density at radius 2 is 2.27 bits per heavy atom. The molecule has 15 heavy (non-hydrogen) atoms. The van der Waals surface area contributed by atoms with E-state index in [-0.39, 0.29) is 5.91 Å². The molecule has 0 spiro atoms. The van der Waals surface area contributed by atoms with Crippen molar-refractivity contribution in [2.24, 2.45) is 0 Å². The van der Waals surface area contributed by atoms with Crippen molar-refractivity contribution in [3.8, 4) is 0 Å². The number of nitrogens with zero attached hydrogens (tertiary/aromatic N) is 1. The van der Waals surface area contributed by atoms with E-state index in [1.807, 2.05) is 30.1 Å². The number of hydrogen-bond donors (Lipinski definition) is 1. The van der Waals surface area contributed by atoms with Crippen LogP contribution in [0, 0.1) is 0 Å². The van der Waals surface area contributed by atoms with E-state index in [9.17, 15) is 4.79 Å². The molecular formula is C12H16N2O. The third-order valence-electron chi connectivity index (χ3n) is 2.78. The Morgan fingerprint density at radius 3 is 3.07 bits per heavy atom. The second-order valence-electron chi connectivity index (χ2n) is 3.78. The molecule has 80 valence electrons. The zero-order chi connectivity index (χ0) is 10.7. The maximum absolute atomic E-state index is 11.9. The van der Waals surface area contributed by atoms with Gasteiger partial charge < -0.3 is 10.2 Å². The van der Waals surface area contributed by atoms with E-state index in [1.54, 1.807) is 0 Å². The third kappa shape index (κ3) is 2.02. The predicted molar refractivity (Wildman–Crippen MR) is 61.0 cm³/mol. The summed E-state index contributed by atoms with van der Waals surface area (Å²) in [6, 6.07) is 8.14. The van der Waals surface area contributed by atoms with Gasteiger partial charge in [0.2, 0.25) is 5.91 Å². The van der Waals surface area contributed by atoms with E-state index in [0.29, 0.717) is 6.42 Å². The molecule has 0 unspecified atom stereocenters. The summed E-state index contributed by atoms with van der Waals surface area (Å²) in [7, 11) is 1.87. The third-order valence-corrected chi connectivity index (χ3v) is 2.78. The van der Waals surface area contributed by atoms with E-state index < -0.39 is 0 Å². The lowest BCUT2D eigenvalue weighted by molar-refractivity contribution is -0.118. The van der Waals surface area contributed by atoms with Crippen LogP contribution in [0.25, 0.3) is 0 Å². The van der Waals surface area contributed by atoms with Crippen molar-refractivity contribution in [2.75, 3.05) is 25.0 Å². The fourth-order valence-electron chi connectivity index (χ4n) is 1.96. The van der Waals surface area contributed by atoms with Crippen LogP contribution in [0.2, 0.25) is 0 Å². The zero-order valence-corrected chi connectivity index (χ0v) is 8.99. The van der Waals surface area contributed by atoms with Crippen LogP contribution in [0.3, 0.4) is 0 Å². The quantitative estimate of drug-likeness (QED) is 0.802. The molecule has 1 aliphatic rings. The predicted octanol–water partition coefficient (Wildman–Crippen LogP) is 1.19. The molecule has 0 fully saturated rings. The normalized spacial score (nSPS) is 14.1. The maximum Gasteiger partial charge on any atom is 0.228 e. The van der Waals surface area contributed by atoms with Crippen LogP contribution in [0.1, 0.15) is 12.0 Å². The Labute approximate surface area is 90.1 Å². The molecule has 3 nitrogen and oxygen atoms in total. The number of carbonyl (C=O) groups excluding carboxylic acids is 1. The Kier molecular flexibility index (Phi) is 3.02. The number of para-hydroxylation sites is 1. The highest BCUT2D eigenvalue weighted by molar-refractivity contribution is 5.95. The summed E-state index contributed by atoms with van der Waals surface area (Å²) < 4.78 is 0. The molecule has 0 radical (unpaired) electrons. The summed E-state index contributed by atoms with van der Waals surface area (Å²) in [5.41, 5.74) is 2.38. The highest BCUT2D eigenvalue weighted by atomic mass is 16.2. The van der Waals surface area contributed by atoms with Crippen LogP contribution >= 0.6 is 0 Å². The zero-order valence-electron chi connectivity index (χ0n) is 8.99. The van der Waals surface area contributed by atoms with Crippen LogP contribution in [-0.4, -0.2) is 26.0 Å². The van der Waals surface area contributed by atoms with Gasteiger partial charge in [-0.15, -0.1) is 0 Å². The minimum atomic E-state index is 0.217. The van der Waals surface area contributed by atoms with Crippen molar-refractivity contribution in [3.05, 3.63) is 29.8 Å². The van der Waals surface area contributed by atoms with Gasteiger partial charge in [0.25, 0.3) is 0 Å². The van der Waals surface area contributed by atoms with Crippen molar-refractivity contribution < 1.29 is 4.79 Å². The van der Waals surface area contributed by atoms with Crippen molar-refractivity contribution in [1.29, 1.82) is 0 Å². The molecule has 0 aromatic heterocycles. The summed E-state index contributed by atoms with van der Waals surface area (Å²) in [5, 5.41) is 3.00. The number of nitrogens with one attached hydrogen (secondary N) is 1. The fraction of sp³-hybridized carbons (Fsp3) is 0.417. The highest BCUT2D eigenvalue weighted by Gasteiger charge is 2.23. The second-order valence-corrected chi connectivity index (χ2v) is 3.78. The fourth-order valence-corrected chi connectivity index (χ4v) is 1.96. The Hall–Kier alpha value is -1.35. The SMILES string of the molecule is CNCCC(=O)N1CCc2ccccc21. The van der Waals surface area contributed by atoms with Gasteiger partial charge >= 0.3 is 0 Å². The first-order valence-corrected chi connectivity index (χ1v) is 5.36. The standard InChI is InChI=1S/C12H16N2O/c1-13-8-6-12(15)14-9-7-10-4-2-3-5-11(10)14/h2-5,13H,6-9H2,1H3. The largest absolute Gasteiger partial charge is 0.319 e. The number of benzene rings is 1. The lowest BCUT2D eigenvalue weighted by atomic mass is 10.2. The summed E-state index contributed by atoms with van der Waals surface area (Å²) in [4.78, 5) is 13.7. The van der Waals surface area contributed by atoms with Crippen molar-refractivity contribution in [1.82, 2.24) is 5.32 Å². The van der Waals surface area contributed by atoms with Gasteiger partial charge in [0, 0.05) is 25.2 Å². The number of hydrogen-bond acceptors (Lipinski definition) is 2. The van der Waals surface area contributed by atoms with Gasteiger partial charge in [0.15, 0.2) is 0 Å². The minimum absolute atomic E-state index is 0.217. The first-order chi connectivity index (χ1) is 7.33. The number of fused-ring (bicyclic) bond motifs is 1. The number of carbonyl (C=O) groups is 1. The van der Waals surface area contributed by atoms with Crippen LogP contribution < -0.4 is 10.2 Å². The van der Waals surface area contributed by atoms with Crippen molar-refractivity contribution in [2.45, 2.75) is 12.8 Å². The smallest absolute Gasteiger partial charge is 0.228 e. The van der Waals surface area contributed by atoms with Crippen molar-refractivity contribution >= 4 is 11.6 Å². The molecule has 0 bridgehead atoms. The van der Waals surface area contributed by atoms with Crippen LogP contribution in [-0.2, 0) is 11.2 Å².